The highest BCUT2D eigenvalue weighted by Crippen LogP contribution is 2.10. The highest BCUT2D eigenvalue weighted by molar-refractivity contribution is 6.30. The molecule has 3 aromatic rings. The van der Waals surface area contributed by atoms with Crippen LogP contribution in [0.1, 0.15) is 5.56 Å². The van der Waals surface area contributed by atoms with Gasteiger partial charge in [0.25, 0.3) is 5.91 Å². The molecule has 3 rings (SSSR count). The van der Waals surface area contributed by atoms with Crippen LogP contribution in [0.4, 0.5) is 0 Å². The van der Waals surface area contributed by atoms with Gasteiger partial charge in [0, 0.05) is 23.0 Å². The number of pyridine rings is 1. The summed E-state index contributed by atoms with van der Waals surface area (Å²) in [6, 6.07) is 17.8. The average molecular weight is 326 g/mol. The van der Waals surface area contributed by atoms with Gasteiger partial charge in [-0.05, 0) is 35.6 Å². The number of nitrogens with zero attached hydrogens (tertiary/aromatic N) is 1. The first-order valence-electron chi connectivity index (χ1n) is 7.60. The summed E-state index contributed by atoms with van der Waals surface area (Å²) < 4.78 is 1.90. The van der Waals surface area contributed by atoms with Crippen molar-refractivity contribution in [2.75, 3.05) is 6.54 Å². The van der Waals surface area contributed by atoms with E-state index in [-0.39, 0.29) is 5.91 Å². The molecule has 0 aliphatic carbocycles. The maximum Gasteiger partial charge on any atom is 0.285 e. The number of halogens is 1. The van der Waals surface area contributed by atoms with Crippen LogP contribution >= 0.6 is 11.6 Å². The molecule has 0 aliphatic rings. The van der Waals surface area contributed by atoms with E-state index in [2.05, 4.69) is 11.4 Å². The Morgan fingerprint density at radius 2 is 1.74 bits per heavy atom. The highest BCUT2D eigenvalue weighted by atomic mass is 35.5. The standard InChI is InChI=1S/C19H17ClN2O/c20-18-7-5-15(6-8-18)9-11-21-19(23)14-22-12-10-16-3-1-2-4-17(16)13-22/h1-8,10,12-13H,9,11,14H2/p+1. The topological polar surface area (TPSA) is 33.0 Å². The minimum atomic E-state index is 0.0132. The van der Waals surface area contributed by atoms with Gasteiger partial charge < -0.3 is 5.32 Å². The van der Waals surface area contributed by atoms with E-state index in [1.807, 2.05) is 65.5 Å². The van der Waals surface area contributed by atoms with Crippen LogP contribution in [0.2, 0.25) is 5.02 Å². The van der Waals surface area contributed by atoms with Crippen LogP contribution in [-0.4, -0.2) is 12.5 Å². The molecule has 1 heterocycles. The summed E-state index contributed by atoms with van der Waals surface area (Å²) in [4.78, 5) is 12.0. The summed E-state index contributed by atoms with van der Waals surface area (Å²) in [5.74, 6) is 0.0132. The van der Waals surface area contributed by atoms with E-state index in [0.29, 0.717) is 13.1 Å². The number of carbonyl (C=O) groups is 1. The first kappa shape index (κ1) is 15.5. The van der Waals surface area contributed by atoms with Crippen molar-refractivity contribution < 1.29 is 9.36 Å². The Kier molecular flexibility index (Phi) is 4.89. The first-order chi connectivity index (χ1) is 11.2. The predicted molar refractivity (Wildman–Crippen MR) is 92.3 cm³/mol. The van der Waals surface area contributed by atoms with E-state index in [9.17, 15) is 4.79 Å². The molecule has 0 saturated carbocycles. The molecule has 0 bridgehead atoms. The van der Waals surface area contributed by atoms with Gasteiger partial charge in [-0.2, -0.15) is 4.57 Å². The van der Waals surface area contributed by atoms with Crippen molar-refractivity contribution in [3.63, 3.8) is 0 Å². The second kappa shape index (κ2) is 7.25. The van der Waals surface area contributed by atoms with Crippen LogP contribution < -0.4 is 9.88 Å². The minimum absolute atomic E-state index is 0.0132. The van der Waals surface area contributed by atoms with Crippen LogP contribution in [0.5, 0.6) is 0 Å². The molecule has 0 spiro atoms. The number of nitrogens with one attached hydrogen (secondary N) is 1. The minimum Gasteiger partial charge on any atom is -0.350 e. The molecule has 2 aromatic carbocycles. The maximum absolute atomic E-state index is 12.0. The molecular weight excluding hydrogens is 308 g/mol. The third-order valence-electron chi connectivity index (χ3n) is 3.72. The summed E-state index contributed by atoms with van der Waals surface area (Å²) in [5.41, 5.74) is 1.16. The van der Waals surface area contributed by atoms with E-state index in [1.165, 1.54) is 5.39 Å². The number of rotatable bonds is 5. The lowest BCUT2D eigenvalue weighted by molar-refractivity contribution is -0.683. The van der Waals surface area contributed by atoms with E-state index in [0.717, 1.165) is 22.4 Å². The molecule has 3 nitrogen and oxygen atoms in total. The first-order valence-corrected chi connectivity index (χ1v) is 7.97. The Morgan fingerprint density at radius 1 is 1.00 bits per heavy atom. The van der Waals surface area contributed by atoms with Gasteiger partial charge in [-0.3, -0.25) is 4.79 Å². The van der Waals surface area contributed by atoms with Crippen molar-refractivity contribution in [1.29, 1.82) is 0 Å². The van der Waals surface area contributed by atoms with Crippen LogP contribution in [0.15, 0.2) is 67.0 Å². The summed E-state index contributed by atoms with van der Waals surface area (Å²) >= 11 is 5.86. The maximum atomic E-state index is 12.0. The van der Waals surface area contributed by atoms with Gasteiger partial charge in [-0.25, -0.2) is 0 Å². The molecule has 0 fully saturated rings. The van der Waals surface area contributed by atoms with E-state index in [4.69, 9.17) is 11.6 Å². The largest absolute Gasteiger partial charge is 0.350 e. The summed E-state index contributed by atoms with van der Waals surface area (Å²) in [6.07, 6.45) is 4.72. The van der Waals surface area contributed by atoms with Gasteiger partial charge in [-0.1, -0.05) is 41.9 Å². The predicted octanol–water partition coefficient (Wildman–Crippen LogP) is 3.14. The van der Waals surface area contributed by atoms with Crippen molar-refractivity contribution in [2.45, 2.75) is 13.0 Å². The van der Waals surface area contributed by atoms with Gasteiger partial charge in [0.05, 0.1) is 0 Å². The molecule has 0 aliphatic heterocycles. The second-order valence-corrected chi connectivity index (χ2v) is 5.91. The fourth-order valence-electron chi connectivity index (χ4n) is 2.50. The molecule has 0 unspecified atom stereocenters. The number of hydrogen-bond acceptors (Lipinski definition) is 1. The summed E-state index contributed by atoms with van der Waals surface area (Å²) in [6.45, 7) is 0.945. The zero-order valence-corrected chi connectivity index (χ0v) is 13.5. The smallest absolute Gasteiger partial charge is 0.285 e. The molecule has 1 aromatic heterocycles. The Labute approximate surface area is 140 Å². The zero-order valence-electron chi connectivity index (χ0n) is 12.7. The fourth-order valence-corrected chi connectivity index (χ4v) is 2.62. The molecule has 23 heavy (non-hydrogen) atoms. The van der Waals surface area contributed by atoms with Crippen molar-refractivity contribution in [3.8, 4) is 0 Å². The van der Waals surface area contributed by atoms with Gasteiger partial charge in [0.2, 0.25) is 6.54 Å². The van der Waals surface area contributed by atoms with Crippen LogP contribution in [0.3, 0.4) is 0 Å². The number of aromatic nitrogens is 1. The summed E-state index contributed by atoms with van der Waals surface area (Å²) in [7, 11) is 0. The molecule has 0 saturated heterocycles. The number of fused-ring (bicyclic) bond motifs is 1. The Balaban J connectivity index is 1.53. The van der Waals surface area contributed by atoms with E-state index < -0.39 is 0 Å². The molecule has 0 radical (unpaired) electrons. The monoisotopic (exact) mass is 325 g/mol. The lowest BCUT2D eigenvalue weighted by atomic mass is 10.1. The number of carbonyl (C=O) groups excluding carboxylic acids is 1. The van der Waals surface area contributed by atoms with Gasteiger partial charge in [-0.15, -0.1) is 0 Å². The van der Waals surface area contributed by atoms with Gasteiger partial charge in [0.15, 0.2) is 12.4 Å². The number of hydrogen-bond donors (Lipinski definition) is 1. The fraction of sp³-hybridized carbons (Fsp3) is 0.158. The van der Waals surface area contributed by atoms with Crippen molar-refractivity contribution in [2.24, 2.45) is 0 Å². The third kappa shape index (κ3) is 4.30. The van der Waals surface area contributed by atoms with Gasteiger partial charge in [0.1, 0.15) is 0 Å². The van der Waals surface area contributed by atoms with E-state index >= 15 is 0 Å². The molecule has 1 amide bonds. The van der Waals surface area contributed by atoms with Gasteiger partial charge >= 0.3 is 0 Å². The molecular formula is C19H18ClN2O+. The molecule has 1 N–H and O–H groups in total. The Morgan fingerprint density at radius 3 is 2.52 bits per heavy atom. The van der Waals surface area contributed by atoms with Crippen LogP contribution in [-0.2, 0) is 17.8 Å². The normalized spacial score (nSPS) is 10.7. The molecule has 4 heteroatoms. The van der Waals surface area contributed by atoms with Crippen molar-refractivity contribution in [3.05, 3.63) is 77.6 Å². The Hall–Kier alpha value is -2.39. The zero-order chi connectivity index (χ0) is 16.1. The van der Waals surface area contributed by atoms with Crippen molar-refractivity contribution >= 4 is 28.3 Å². The Bertz CT molecular complexity index is 815. The number of amides is 1. The van der Waals surface area contributed by atoms with E-state index in [1.54, 1.807) is 0 Å². The average Bonchev–Trinajstić information content (AvgIpc) is 2.56. The van der Waals surface area contributed by atoms with Crippen molar-refractivity contribution in [1.82, 2.24) is 5.32 Å². The van der Waals surface area contributed by atoms with Crippen LogP contribution in [0.25, 0.3) is 10.8 Å². The quantitative estimate of drug-likeness (QED) is 0.718. The third-order valence-corrected chi connectivity index (χ3v) is 3.97. The lowest BCUT2D eigenvalue weighted by Crippen LogP contribution is -2.42. The SMILES string of the molecule is O=C(C[n+]1ccc2ccccc2c1)NCCc1ccc(Cl)cc1. The molecule has 116 valence electrons. The number of benzene rings is 2. The second-order valence-electron chi connectivity index (χ2n) is 5.47. The summed E-state index contributed by atoms with van der Waals surface area (Å²) in [5, 5.41) is 5.98. The van der Waals surface area contributed by atoms with Crippen LogP contribution in [0, 0.1) is 0 Å². The molecule has 0 atom stereocenters. The highest BCUT2D eigenvalue weighted by Gasteiger charge is 2.09. The lowest BCUT2D eigenvalue weighted by Gasteiger charge is -2.04.